The first kappa shape index (κ1) is 27.6. The smallest absolute Gasteiger partial charge is 0.329 e. The number of nitrogens with zero attached hydrogens (tertiary/aromatic N) is 4. The van der Waals surface area contributed by atoms with Gasteiger partial charge in [0.15, 0.2) is 0 Å². The molecule has 0 saturated heterocycles. The maximum atomic E-state index is 14.9. The summed E-state index contributed by atoms with van der Waals surface area (Å²) >= 11 is 0. The van der Waals surface area contributed by atoms with Crippen molar-refractivity contribution in [2.75, 3.05) is 0 Å². The van der Waals surface area contributed by atoms with Crippen LogP contribution in [0.5, 0.6) is 0 Å². The molecule has 0 radical (unpaired) electrons. The molecule has 0 aliphatic carbocycles. The molecule has 1 aliphatic heterocycles. The third-order valence-corrected chi connectivity index (χ3v) is 7.66. The fourth-order valence-electron chi connectivity index (χ4n) is 5.82. The number of benzene rings is 3. The maximum absolute atomic E-state index is 14.9. The highest BCUT2D eigenvalue weighted by Crippen LogP contribution is 2.42. The first-order valence-electron chi connectivity index (χ1n) is 13.3. The van der Waals surface area contributed by atoms with Crippen LogP contribution in [0.4, 0.5) is 8.63 Å². The van der Waals surface area contributed by atoms with E-state index >= 15 is 0 Å². The summed E-state index contributed by atoms with van der Waals surface area (Å²) in [4.78, 5) is 4.98. The number of aliphatic imine (C=N–C) groups is 1. The minimum Gasteiger partial charge on any atom is -0.329 e. The third kappa shape index (κ3) is 5.03. The minimum atomic E-state index is -2.77. The van der Waals surface area contributed by atoms with Crippen LogP contribution in [0.25, 0.3) is 22.3 Å². The molecule has 0 fully saturated rings. The van der Waals surface area contributed by atoms with Crippen LogP contribution >= 0.6 is 0 Å². The predicted octanol–water partition coefficient (Wildman–Crippen LogP) is 8.19. The second kappa shape index (κ2) is 11.2. The Morgan fingerprint density at radius 2 is 1.37 bits per heavy atom. The van der Waals surface area contributed by atoms with Gasteiger partial charge in [0.2, 0.25) is 0 Å². The van der Waals surface area contributed by atoms with Crippen molar-refractivity contribution in [3.63, 3.8) is 0 Å². The van der Waals surface area contributed by atoms with Crippen LogP contribution in [0.15, 0.2) is 95.1 Å². The molecule has 1 aliphatic rings. The summed E-state index contributed by atoms with van der Waals surface area (Å²) in [6.45, 7) is 7.51. The highest BCUT2D eigenvalue weighted by Gasteiger charge is 2.32. The second-order valence-corrected chi connectivity index (χ2v) is 10.1. The Balaban J connectivity index is 1.80. The lowest BCUT2D eigenvalue weighted by Crippen LogP contribution is -2.18. The van der Waals surface area contributed by atoms with E-state index in [4.69, 9.17) is 4.99 Å². The van der Waals surface area contributed by atoms with Crippen LogP contribution in [0.3, 0.4) is 0 Å². The molecule has 1 aromatic heterocycles. The largest absolute Gasteiger partial charge is 0.677 e. The van der Waals surface area contributed by atoms with Gasteiger partial charge < -0.3 is 4.48 Å². The molecule has 2 heterocycles. The molecular formula is C34H27BF2N4. The van der Waals surface area contributed by atoms with Gasteiger partial charge in [-0.3, -0.25) is 13.6 Å². The summed E-state index contributed by atoms with van der Waals surface area (Å²) in [5, 5.41) is 18.5. The topological polar surface area (TPSA) is 64.9 Å². The van der Waals surface area contributed by atoms with Crippen molar-refractivity contribution < 1.29 is 8.63 Å². The van der Waals surface area contributed by atoms with Crippen molar-refractivity contribution >= 4 is 24.3 Å². The molecule has 5 rings (SSSR count). The van der Waals surface area contributed by atoms with Crippen LogP contribution in [0.1, 0.15) is 53.1 Å². The summed E-state index contributed by atoms with van der Waals surface area (Å²) in [5.41, 5.74) is 10.2. The lowest BCUT2D eigenvalue weighted by Gasteiger charge is -2.17. The number of rotatable bonds is 6. The summed E-state index contributed by atoms with van der Waals surface area (Å²) < 4.78 is 30.9. The Kier molecular flexibility index (Phi) is 7.55. The van der Waals surface area contributed by atoms with E-state index in [2.05, 4.69) is 12.1 Å². The van der Waals surface area contributed by atoms with E-state index in [1.165, 1.54) is 0 Å². The van der Waals surface area contributed by atoms with Crippen LogP contribution < -0.4 is 0 Å². The van der Waals surface area contributed by atoms with Gasteiger partial charge in [-0.1, -0.05) is 54.6 Å². The monoisotopic (exact) mass is 540 g/mol. The molecule has 0 unspecified atom stereocenters. The first-order chi connectivity index (χ1) is 19.7. The zero-order valence-electron chi connectivity index (χ0n) is 23.3. The van der Waals surface area contributed by atoms with Gasteiger partial charge in [-0.15, -0.1) is 0 Å². The number of nitriles is 2. The molecule has 0 bridgehead atoms. The molecule has 3 aromatic carbocycles. The van der Waals surface area contributed by atoms with Crippen molar-refractivity contribution in [3.05, 3.63) is 129 Å². The van der Waals surface area contributed by atoms with Crippen LogP contribution in [-0.2, 0) is 6.42 Å². The van der Waals surface area contributed by atoms with Crippen LogP contribution in [0.2, 0.25) is 0 Å². The quantitative estimate of drug-likeness (QED) is 0.232. The number of hydrogen-bond donors (Lipinski definition) is 0. The van der Waals surface area contributed by atoms with Gasteiger partial charge in [0, 0.05) is 40.2 Å². The van der Waals surface area contributed by atoms with E-state index in [9.17, 15) is 19.2 Å². The predicted molar refractivity (Wildman–Crippen MR) is 161 cm³/mol. The molecule has 0 spiro atoms. The van der Waals surface area contributed by atoms with Gasteiger partial charge in [0.25, 0.3) is 0 Å². The van der Waals surface area contributed by atoms with Crippen molar-refractivity contribution in [1.82, 2.24) is 4.48 Å². The molecule has 200 valence electrons. The SMILES string of the molecule is CC1=N/C(=C(/Cc2ccccc2)c2c(C)c(-c3ccc(C#N)cc3)c(C)n2B(F)F)C(C)=C1c1ccc(C#N)cc1. The molecule has 4 nitrogen and oxygen atoms in total. The van der Waals surface area contributed by atoms with E-state index in [1.807, 2.05) is 75.4 Å². The van der Waals surface area contributed by atoms with Crippen molar-refractivity contribution in [3.8, 4) is 23.3 Å². The normalized spacial score (nSPS) is 14.0. The number of hydrogen-bond acceptors (Lipinski definition) is 3. The van der Waals surface area contributed by atoms with Crippen molar-refractivity contribution in [2.24, 2.45) is 4.99 Å². The molecule has 0 N–H and O–H groups in total. The molecule has 0 amide bonds. The van der Waals surface area contributed by atoms with E-state index in [0.717, 1.165) is 54.7 Å². The van der Waals surface area contributed by atoms with Gasteiger partial charge in [-0.05, 0) is 79.8 Å². The van der Waals surface area contributed by atoms with E-state index in [0.29, 0.717) is 34.6 Å². The molecule has 7 heteroatoms. The number of allylic oxidation sites excluding steroid dienone is 3. The highest BCUT2D eigenvalue weighted by molar-refractivity contribution is 6.42. The minimum absolute atomic E-state index is 0.411. The van der Waals surface area contributed by atoms with E-state index in [1.54, 1.807) is 31.2 Å². The fraction of sp³-hybridized carbons (Fsp3) is 0.147. The highest BCUT2D eigenvalue weighted by atomic mass is 19.2. The van der Waals surface area contributed by atoms with E-state index < -0.39 is 7.40 Å². The Morgan fingerprint density at radius 3 is 1.90 bits per heavy atom. The fourth-order valence-corrected chi connectivity index (χ4v) is 5.82. The second-order valence-electron chi connectivity index (χ2n) is 10.1. The average molecular weight is 540 g/mol. The summed E-state index contributed by atoms with van der Waals surface area (Å²) in [6.07, 6.45) is 0.411. The van der Waals surface area contributed by atoms with Crippen molar-refractivity contribution in [2.45, 2.75) is 34.1 Å². The molecular weight excluding hydrogens is 513 g/mol. The van der Waals surface area contributed by atoms with E-state index in [-0.39, 0.29) is 0 Å². The standard InChI is InChI=1S/C34H27BF2N4/c1-21-31(28-14-10-26(19-38)11-15-28)23(3)40-33(21)30(18-25-8-6-5-7-9-25)34-22(2)32(24(4)41(34)35(36)37)29-16-12-27(20-39)13-17-29/h5-17H,18H2,1-4H3/b33-30-. The Labute approximate surface area is 239 Å². The number of halogens is 2. The molecule has 0 saturated carbocycles. The zero-order valence-corrected chi connectivity index (χ0v) is 23.3. The van der Waals surface area contributed by atoms with Gasteiger partial charge in [0.1, 0.15) is 0 Å². The Hall–Kier alpha value is -5.01. The summed E-state index contributed by atoms with van der Waals surface area (Å²) in [5.74, 6) is 0. The number of aromatic nitrogens is 1. The van der Waals surface area contributed by atoms with Gasteiger partial charge >= 0.3 is 7.40 Å². The third-order valence-electron chi connectivity index (χ3n) is 7.66. The molecule has 41 heavy (non-hydrogen) atoms. The van der Waals surface area contributed by atoms with Gasteiger partial charge in [0.05, 0.1) is 29.0 Å². The van der Waals surface area contributed by atoms with Crippen molar-refractivity contribution in [1.29, 1.82) is 10.5 Å². The first-order valence-corrected chi connectivity index (χ1v) is 13.3. The maximum Gasteiger partial charge on any atom is 0.677 e. The molecule has 4 aromatic rings. The Morgan fingerprint density at radius 1 is 0.805 bits per heavy atom. The van der Waals surface area contributed by atoms with Crippen LogP contribution in [-0.4, -0.2) is 17.6 Å². The van der Waals surface area contributed by atoms with Gasteiger partial charge in [-0.2, -0.15) is 10.5 Å². The molecule has 0 atom stereocenters. The van der Waals surface area contributed by atoms with Crippen LogP contribution in [0, 0.1) is 36.5 Å². The lowest BCUT2D eigenvalue weighted by atomic mass is 9.91. The zero-order chi connectivity index (χ0) is 29.3. The summed E-state index contributed by atoms with van der Waals surface area (Å²) in [6, 6.07) is 28.4. The average Bonchev–Trinajstić information content (AvgIpc) is 3.43. The Bertz CT molecular complexity index is 1810. The lowest BCUT2D eigenvalue weighted by molar-refractivity contribution is 0.623. The van der Waals surface area contributed by atoms with Gasteiger partial charge in [-0.25, -0.2) is 0 Å². The summed E-state index contributed by atoms with van der Waals surface area (Å²) in [7, 11) is -2.77.